The molecule has 3 rings (SSSR count). The number of carbonyl (C=O) groups is 1. The number of nitrogens with zero attached hydrogens (tertiary/aromatic N) is 2. The van der Waals surface area contributed by atoms with E-state index in [9.17, 15) is 4.79 Å². The van der Waals surface area contributed by atoms with Crippen LogP contribution in [0.25, 0.3) is 11.3 Å². The second kappa shape index (κ2) is 10.1. The summed E-state index contributed by atoms with van der Waals surface area (Å²) in [5, 5.41) is 4.03. The summed E-state index contributed by atoms with van der Waals surface area (Å²) in [6.07, 6.45) is 3.12. The Morgan fingerprint density at radius 3 is 2.33 bits per heavy atom. The van der Waals surface area contributed by atoms with Crippen molar-refractivity contribution in [1.29, 1.82) is 0 Å². The molecule has 154 valence electrons. The molecule has 0 bridgehead atoms. The summed E-state index contributed by atoms with van der Waals surface area (Å²) in [6.45, 7) is 2.54. The third kappa shape index (κ3) is 5.35. The minimum atomic E-state index is -0.337. The van der Waals surface area contributed by atoms with Crippen LogP contribution in [0, 0.1) is 0 Å². The van der Waals surface area contributed by atoms with Crippen molar-refractivity contribution < 1.29 is 19.0 Å². The van der Waals surface area contributed by atoms with Crippen LogP contribution in [0.4, 0.5) is 0 Å². The van der Waals surface area contributed by atoms with E-state index in [4.69, 9.17) is 14.2 Å². The largest absolute Gasteiger partial charge is 0.497 e. The topological polar surface area (TPSA) is 82.0 Å². The maximum absolute atomic E-state index is 12.5. The van der Waals surface area contributed by atoms with Crippen molar-refractivity contribution in [2.24, 2.45) is 5.10 Å². The fourth-order valence-electron chi connectivity index (χ4n) is 2.75. The standard InChI is InChI=1S/C23H23N3O4/c1-4-30-19-7-5-17(6-8-19)22-13-18(9-10-24-22)23(27)26-25-15-16-11-20(28-2)14-21(12-16)29-3/h5-15H,4H2,1-3H3,(H,26,27)/b25-15+. The monoisotopic (exact) mass is 405 g/mol. The minimum absolute atomic E-state index is 0.337. The lowest BCUT2D eigenvalue weighted by Gasteiger charge is -2.07. The maximum Gasteiger partial charge on any atom is 0.271 e. The quantitative estimate of drug-likeness (QED) is 0.454. The van der Waals surface area contributed by atoms with E-state index in [0.29, 0.717) is 29.4 Å². The first-order valence-electron chi connectivity index (χ1n) is 9.38. The van der Waals surface area contributed by atoms with Gasteiger partial charge in [-0.2, -0.15) is 5.10 Å². The maximum atomic E-state index is 12.5. The lowest BCUT2D eigenvalue weighted by Crippen LogP contribution is -2.17. The van der Waals surface area contributed by atoms with Crippen LogP contribution in [-0.4, -0.2) is 37.9 Å². The molecule has 3 aromatic rings. The predicted octanol–water partition coefficient (Wildman–Crippen LogP) is 3.93. The summed E-state index contributed by atoms with van der Waals surface area (Å²) in [7, 11) is 3.14. The van der Waals surface area contributed by atoms with Crippen LogP contribution in [0.2, 0.25) is 0 Å². The molecule has 1 heterocycles. The highest BCUT2D eigenvalue weighted by Gasteiger charge is 2.08. The van der Waals surface area contributed by atoms with Gasteiger partial charge >= 0.3 is 0 Å². The van der Waals surface area contributed by atoms with Gasteiger partial charge in [-0.1, -0.05) is 0 Å². The van der Waals surface area contributed by atoms with E-state index in [1.54, 1.807) is 50.7 Å². The Hall–Kier alpha value is -3.87. The normalized spacial score (nSPS) is 10.6. The van der Waals surface area contributed by atoms with E-state index in [-0.39, 0.29) is 5.91 Å². The van der Waals surface area contributed by atoms with E-state index >= 15 is 0 Å². The highest BCUT2D eigenvalue weighted by atomic mass is 16.5. The lowest BCUT2D eigenvalue weighted by molar-refractivity contribution is 0.0955. The molecule has 7 heteroatoms. The first-order valence-corrected chi connectivity index (χ1v) is 9.38. The molecule has 2 aromatic carbocycles. The van der Waals surface area contributed by atoms with Gasteiger partial charge < -0.3 is 14.2 Å². The van der Waals surface area contributed by atoms with Gasteiger partial charge in [-0.25, -0.2) is 5.43 Å². The Balaban J connectivity index is 1.70. The first kappa shape index (κ1) is 20.9. The van der Waals surface area contributed by atoms with Crippen LogP contribution in [0.1, 0.15) is 22.8 Å². The highest BCUT2D eigenvalue weighted by Crippen LogP contribution is 2.22. The fourth-order valence-corrected chi connectivity index (χ4v) is 2.75. The van der Waals surface area contributed by atoms with E-state index in [0.717, 1.165) is 16.9 Å². The molecule has 0 unspecified atom stereocenters. The van der Waals surface area contributed by atoms with Gasteiger partial charge in [-0.15, -0.1) is 0 Å². The van der Waals surface area contributed by atoms with E-state index < -0.39 is 0 Å². The van der Waals surface area contributed by atoms with Crippen LogP contribution >= 0.6 is 0 Å². The van der Waals surface area contributed by atoms with Gasteiger partial charge in [0.15, 0.2) is 0 Å². The van der Waals surface area contributed by atoms with Crippen LogP contribution in [0.15, 0.2) is 65.9 Å². The molecule has 1 N–H and O–H groups in total. The zero-order valence-electron chi connectivity index (χ0n) is 17.1. The van der Waals surface area contributed by atoms with Crippen molar-refractivity contribution in [3.05, 3.63) is 71.9 Å². The van der Waals surface area contributed by atoms with Crippen molar-refractivity contribution >= 4 is 12.1 Å². The molecule has 0 aliphatic heterocycles. The van der Waals surface area contributed by atoms with Gasteiger partial charge in [0.2, 0.25) is 0 Å². The summed E-state index contributed by atoms with van der Waals surface area (Å²) < 4.78 is 15.9. The third-order valence-electron chi connectivity index (χ3n) is 4.24. The first-order chi connectivity index (χ1) is 14.6. The number of carbonyl (C=O) groups excluding carboxylic acids is 1. The fraction of sp³-hybridized carbons (Fsp3) is 0.174. The number of methoxy groups -OCH3 is 2. The van der Waals surface area contributed by atoms with Gasteiger partial charge in [0.1, 0.15) is 17.2 Å². The average molecular weight is 405 g/mol. The molecule has 0 saturated heterocycles. The molecule has 0 spiro atoms. The van der Waals surface area contributed by atoms with Gasteiger partial charge in [0.05, 0.1) is 32.7 Å². The Kier molecular flexibility index (Phi) is 7.00. The Morgan fingerprint density at radius 1 is 1.00 bits per heavy atom. The van der Waals surface area contributed by atoms with Crippen LogP contribution < -0.4 is 19.6 Å². The summed E-state index contributed by atoms with van der Waals surface area (Å²) >= 11 is 0. The molecular weight excluding hydrogens is 382 g/mol. The predicted molar refractivity (Wildman–Crippen MR) is 115 cm³/mol. The molecule has 1 aromatic heterocycles. The molecule has 0 radical (unpaired) electrons. The number of hydrogen-bond donors (Lipinski definition) is 1. The number of benzene rings is 2. The number of hydrogen-bond acceptors (Lipinski definition) is 6. The van der Waals surface area contributed by atoms with Gasteiger partial charge in [-0.05, 0) is 55.5 Å². The molecular formula is C23H23N3O4. The molecule has 1 amide bonds. The number of amides is 1. The number of nitrogens with one attached hydrogen (secondary N) is 1. The molecule has 0 aliphatic rings. The molecule has 7 nitrogen and oxygen atoms in total. The number of hydrazone groups is 1. The second-order valence-electron chi connectivity index (χ2n) is 6.23. The van der Waals surface area contributed by atoms with Crippen LogP contribution in [-0.2, 0) is 0 Å². The second-order valence-corrected chi connectivity index (χ2v) is 6.23. The van der Waals surface area contributed by atoms with E-state index in [1.165, 1.54) is 6.21 Å². The molecule has 0 atom stereocenters. The highest BCUT2D eigenvalue weighted by molar-refractivity contribution is 5.95. The van der Waals surface area contributed by atoms with E-state index in [1.807, 2.05) is 31.2 Å². The van der Waals surface area contributed by atoms with E-state index in [2.05, 4.69) is 15.5 Å². The van der Waals surface area contributed by atoms with Gasteiger partial charge in [0, 0.05) is 29.0 Å². The number of pyridine rings is 1. The average Bonchev–Trinajstić information content (AvgIpc) is 2.79. The lowest BCUT2D eigenvalue weighted by atomic mass is 10.1. The summed E-state index contributed by atoms with van der Waals surface area (Å²) in [6, 6.07) is 16.2. The zero-order chi connectivity index (χ0) is 21.3. The van der Waals surface area contributed by atoms with Crippen molar-refractivity contribution in [2.45, 2.75) is 6.92 Å². The zero-order valence-corrected chi connectivity index (χ0v) is 17.1. The van der Waals surface area contributed by atoms with Crippen molar-refractivity contribution in [2.75, 3.05) is 20.8 Å². The Bertz CT molecular complexity index is 1010. The molecule has 30 heavy (non-hydrogen) atoms. The summed E-state index contributed by atoms with van der Waals surface area (Å²) in [4.78, 5) is 16.8. The summed E-state index contributed by atoms with van der Waals surface area (Å²) in [5.74, 6) is 1.72. The number of aromatic nitrogens is 1. The third-order valence-corrected chi connectivity index (χ3v) is 4.24. The SMILES string of the molecule is CCOc1ccc(-c2cc(C(=O)N/N=C/c3cc(OC)cc(OC)c3)ccn2)cc1. The summed E-state index contributed by atoms with van der Waals surface area (Å²) in [5.41, 5.74) is 5.29. The van der Waals surface area contributed by atoms with Gasteiger partial charge in [0.25, 0.3) is 5.91 Å². The Labute approximate surface area is 175 Å². The van der Waals surface area contributed by atoms with Crippen LogP contribution in [0.3, 0.4) is 0 Å². The van der Waals surface area contributed by atoms with Crippen molar-refractivity contribution in [3.63, 3.8) is 0 Å². The minimum Gasteiger partial charge on any atom is -0.497 e. The Morgan fingerprint density at radius 2 is 1.70 bits per heavy atom. The smallest absolute Gasteiger partial charge is 0.271 e. The van der Waals surface area contributed by atoms with Crippen LogP contribution in [0.5, 0.6) is 17.2 Å². The van der Waals surface area contributed by atoms with Crippen molar-refractivity contribution in [3.8, 4) is 28.5 Å². The molecule has 0 fully saturated rings. The van der Waals surface area contributed by atoms with Crippen molar-refractivity contribution in [1.82, 2.24) is 10.4 Å². The number of rotatable bonds is 8. The molecule has 0 saturated carbocycles. The van der Waals surface area contributed by atoms with Gasteiger partial charge in [-0.3, -0.25) is 9.78 Å². The molecule has 0 aliphatic carbocycles. The number of ether oxygens (including phenoxy) is 3.